The predicted molar refractivity (Wildman–Crippen MR) is 52.6 cm³/mol. The minimum Gasteiger partial charge on any atom is -0.207 e. The molecule has 0 heterocycles. The maximum absolute atomic E-state index is 13.5. The van der Waals surface area contributed by atoms with E-state index in [4.69, 9.17) is 16.9 Å². The Balaban J connectivity index is 2.50. The molecule has 1 fully saturated rings. The minimum absolute atomic E-state index is 0.323. The molecule has 0 aromatic heterocycles. The van der Waals surface area contributed by atoms with Crippen LogP contribution in [0.1, 0.15) is 24.8 Å². The average molecular weight is 210 g/mol. The lowest BCUT2D eigenvalue weighted by atomic mass is 9.65. The molecule has 2 rings (SSSR count). The molecule has 14 heavy (non-hydrogen) atoms. The average Bonchev–Trinajstić information content (AvgIpc) is 2.10. The molecule has 72 valence electrons. The zero-order valence-corrected chi connectivity index (χ0v) is 8.31. The summed E-state index contributed by atoms with van der Waals surface area (Å²) in [7, 11) is 0. The van der Waals surface area contributed by atoms with Crippen molar-refractivity contribution in [2.75, 3.05) is 0 Å². The highest BCUT2D eigenvalue weighted by Crippen LogP contribution is 2.44. The third-order valence-corrected chi connectivity index (χ3v) is 3.10. The Bertz CT molecular complexity index is 404. The molecule has 0 N–H and O–H groups in total. The van der Waals surface area contributed by atoms with Gasteiger partial charge < -0.3 is 0 Å². The Morgan fingerprint density at radius 2 is 2.14 bits per heavy atom. The van der Waals surface area contributed by atoms with E-state index >= 15 is 0 Å². The number of benzene rings is 1. The quantitative estimate of drug-likeness (QED) is 0.695. The van der Waals surface area contributed by atoms with Gasteiger partial charge in [-0.25, -0.2) is 4.39 Å². The number of nitriles is 1. The molecular formula is C11H9ClFN. The summed E-state index contributed by atoms with van der Waals surface area (Å²) >= 11 is 5.78. The Hall–Kier alpha value is -1.07. The van der Waals surface area contributed by atoms with E-state index in [1.165, 1.54) is 12.1 Å². The van der Waals surface area contributed by atoms with E-state index in [2.05, 4.69) is 6.07 Å². The van der Waals surface area contributed by atoms with Gasteiger partial charge in [-0.1, -0.05) is 11.6 Å². The molecule has 0 amide bonds. The molecule has 3 heteroatoms. The van der Waals surface area contributed by atoms with Crippen LogP contribution in [0.3, 0.4) is 0 Å². The molecule has 0 spiro atoms. The van der Waals surface area contributed by atoms with E-state index in [0.29, 0.717) is 10.6 Å². The molecule has 1 nitrogen and oxygen atoms in total. The van der Waals surface area contributed by atoms with Crippen LogP contribution in [0.4, 0.5) is 4.39 Å². The summed E-state index contributed by atoms with van der Waals surface area (Å²) < 4.78 is 13.5. The van der Waals surface area contributed by atoms with Gasteiger partial charge in [0.2, 0.25) is 0 Å². The molecule has 1 aromatic carbocycles. The molecule has 1 saturated carbocycles. The minimum atomic E-state index is -0.616. The van der Waals surface area contributed by atoms with Crippen molar-refractivity contribution in [2.24, 2.45) is 0 Å². The van der Waals surface area contributed by atoms with Gasteiger partial charge in [-0.3, -0.25) is 0 Å². The van der Waals surface area contributed by atoms with Crippen LogP contribution >= 0.6 is 11.6 Å². The van der Waals surface area contributed by atoms with Crippen LogP contribution in [-0.4, -0.2) is 0 Å². The molecular weight excluding hydrogens is 201 g/mol. The van der Waals surface area contributed by atoms with Crippen LogP contribution in [-0.2, 0) is 5.41 Å². The smallest absolute Gasteiger partial charge is 0.128 e. The van der Waals surface area contributed by atoms with Crippen molar-refractivity contribution >= 4 is 11.6 Å². The maximum atomic E-state index is 13.5. The van der Waals surface area contributed by atoms with Crippen LogP contribution in [0.15, 0.2) is 18.2 Å². The fraction of sp³-hybridized carbons (Fsp3) is 0.364. The summed E-state index contributed by atoms with van der Waals surface area (Å²) in [5, 5.41) is 9.53. The van der Waals surface area contributed by atoms with Gasteiger partial charge in [0, 0.05) is 10.6 Å². The largest absolute Gasteiger partial charge is 0.207 e. The van der Waals surface area contributed by atoms with Gasteiger partial charge in [0.1, 0.15) is 5.82 Å². The summed E-state index contributed by atoms with van der Waals surface area (Å²) in [6.07, 6.45) is 2.46. The molecule has 0 radical (unpaired) electrons. The zero-order valence-electron chi connectivity index (χ0n) is 7.56. The predicted octanol–water partition coefficient (Wildman–Crippen LogP) is 3.42. The molecule has 0 saturated heterocycles. The number of halogens is 2. The molecule has 0 aliphatic heterocycles. The molecule has 1 aliphatic rings. The summed E-state index contributed by atoms with van der Waals surface area (Å²) in [6, 6.07) is 6.60. The summed E-state index contributed by atoms with van der Waals surface area (Å²) in [6.45, 7) is 0. The van der Waals surface area contributed by atoms with Gasteiger partial charge >= 0.3 is 0 Å². The topological polar surface area (TPSA) is 23.8 Å². The first-order valence-electron chi connectivity index (χ1n) is 4.55. The second kappa shape index (κ2) is 3.25. The van der Waals surface area contributed by atoms with Crippen molar-refractivity contribution in [2.45, 2.75) is 24.7 Å². The summed E-state index contributed by atoms with van der Waals surface area (Å²) in [5.74, 6) is -0.323. The number of nitrogens with zero attached hydrogens (tertiary/aromatic N) is 1. The van der Waals surface area contributed by atoms with E-state index in [-0.39, 0.29) is 5.82 Å². The van der Waals surface area contributed by atoms with Gasteiger partial charge in [-0.15, -0.1) is 0 Å². The Morgan fingerprint density at radius 1 is 1.43 bits per heavy atom. The lowest BCUT2D eigenvalue weighted by Crippen LogP contribution is -2.33. The highest BCUT2D eigenvalue weighted by atomic mass is 35.5. The maximum Gasteiger partial charge on any atom is 0.128 e. The van der Waals surface area contributed by atoms with E-state index in [0.717, 1.165) is 19.3 Å². The van der Waals surface area contributed by atoms with Crippen LogP contribution < -0.4 is 0 Å². The molecule has 0 atom stereocenters. The lowest BCUT2D eigenvalue weighted by molar-refractivity contribution is 0.313. The second-order valence-corrected chi connectivity index (χ2v) is 4.11. The number of rotatable bonds is 1. The Morgan fingerprint density at radius 3 is 2.64 bits per heavy atom. The Labute approximate surface area is 87.1 Å². The first-order chi connectivity index (χ1) is 6.68. The van der Waals surface area contributed by atoms with Gasteiger partial charge in [0.25, 0.3) is 0 Å². The summed E-state index contributed by atoms with van der Waals surface area (Å²) in [5.41, 5.74) is -0.159. The highest BCUT2D eigenvalue weighted by Gasteiger charge is 2.40. The zero-order chi connectivity index (χ0) is 10.2. The van der Waals surface area contributed by atoms with Crippen LogP contribution in [0, 0.1) is 17.1 Å². The fourth-order valence-electron chi connectivity index (χ4n) is 1.84. The molecule has 1 aliphatic carbocycles. The lowest BCUT2D eigenvalue weighted by Gasteiger charge is -2.35. The molecule has 0 bridgehead atoms. The monoisotopic (exact) mass is 209 g/mol. The first-order valence-corrected chi connectivity index (χ1v) is 4.92. The van der Waals surface area contributed by atoms with Gasteiger partial charge in [-0.2, -0.15) is 5.26 Å². The van der Waals surface area contributed by atoms with Gasteiger partial charge in [0.05, 0.1) is 11.5 Å². The molecule has 0 unspecified atom stereocenters. The van der Waals surface area contributed by atoms with Gasteiger partial charge in [0.15, 0.2) is 0 Å². The van der Waals surface area contributed by atoms with Crippen molar-refractivity contribution in [1.82, 2.24) is 0 Å². The van der Waals surface area contributed by atoms with Crippen molar-refractivity contribution in [3.8, 4) is 6.07 Å². The van der Waals surface area contributed by atoms with Crippen molar-refractivity contribution in [1.29, 1.82) is 5.26 Å². The van der Waals surface area contributed by atoms with E-state index in [9.17, 15) is 4.39 Å². The van der Waals surface area contributed by atoms with Crippen molar-refractivity contribution < 1.29 is 4.39 Å². The van der Waals surface area contributed by atoms with Crippen LogP contribution in [0.5, 0.6) is 0 Å². The SMILES string of the molecule is N#CC1(c2cc(Cl)ccc2F)CCC1. The first kappa shape index (κ1) is 9.48. The molecule has 1 aromatic rings. The standard InChI is InChI=1S/C11H9ClFN/c12-8-2-3-10(13)9(6-8)11(7-14)4-1-5-11/h2-3,6H,1,4-5H2. The van der Waals surface area contributed by atoms with Crippen LogP contribution in [0.25, 0.3) is 0 Å². The third kappa shape index (κ3) is 1.29. The van der Waals surface area contributed by atoms with Gasteiger partial charge in [-0.05, 0) is 37.5 Å². The second-order valence-electron chi connectivity index (χ2n) is 3.67. The van der Waals surface area contributed by atoms with Crippen molar-refractivity contribution in [3.05, 3.63) is 34.6 Å². The highest BCUT2D eigenvalue weighted by molar-refractivity contribution is 6.30. The van der Waals surface area contributed by atoms with Crippen LogP contribution in [0.2, 0.25) is 5.02 Å². The van der Waals surface area contributed by atoms with Crippen molar-refractivity contribution in [3.63, 3.8) is 0 Å². The van der Waals surface area contributed by atoms with E-state index < -0.39 is 5.41 Å². The van der Waals surface area contributed by atoms with E-state index in [1.807, 2.05) is 0 Å². The fourth-order valence-corrected chi connectivity index (χ4v) is 2.01. The van der Waals surface area contributed by atoms with E-state index in [1.54, 1.807) is 6.07 Å². The number of hydrogen-bond donors (Lipinski definition) is 0. The normalized spacial score (nSPS) is 18.4. The summed E-state index contributed by atoms with van der Waals surface area (Å²) in [4.78, 5) is 0. The Kier molecular flexibility index (Phi) is 2.20. The number of hydrogen-bond acceptors (Lipinski definition) is 1. The third-order valence-electron chi connectivity index (χ3n) is 2.87.